The van der Waals surface area contributed by atoms with Gasteiger partial charge in [-0.15, -0.1) is 0 Å². The SMILES string of the molecule is Cc1ccc(NC(=S)NN=C[C@H](O)[C@@H](O)[C@H](O)[C@H](O)CO)cc1.O=C[C@H](O)[C@@H](O)[C@H](O)[C@H](O)CO. The van der Waals surface area contributed by atoms with Crippen molar-refractivity contribution in [2.24, 2.45) is 5.10 Å². The summed E-state index contributed by atoms with van der Waals surface area (Å²) >= 11 is 5.00. The van der Waals surface area contributed by atoms with Crippen LogP contribution in [0.1, 0.15) is 5.56 Å². The highest BCUT2D eigenvalue weighted by molar-refractivity contribution is 7.80. The first-order chi connectivity index (χ1) is 16.4. The molecular formula is C20H33N3O11S. The first-order valence-corrected chi connectivity index (χ1v) is 10.6. The molecule has 15 heteroatoms. The minimum Gasteiger partial charge on any atom is -0.394 e. The number of hydrazone groups is 1. The van der Waals surface area contributed by atoms with E-state index in [1.54, 1.807) is 0 Å². The van der Waals surface area contributed by atoms with Crippen LogP contribution in [0, 0.1) is 6.92 Å². The lowest BCUT2D eigenvalue weighted by Gasteiger charge is -2.23. The molecule has 0 saturated heterocycles. The summed E-state index contributed by atoms with van der Waals surface area (Å²) in [6.07, 6.45) is -12.5. The fourth-order valence-corrected chi connectivity index (χ4v) is 2.38. The van der Waals surface area contributed by atoms with Gasteiger partial charge in [-0.1, -0.05) is 17.7 Å². The molecule has 35 heavy (non-hydrogen) atoms. The minimum atomic E-state index is -1.79. The molecule has 8 atom stereocenters. The Morgan fingerprint density at radius 3 is 1.74 bits per heavy atom. The van der Waals surface area contributed by atoms with E-state index in [2.05, 4.69) is 15.8 Å². The number of rotatable bonds is 12. The van der Waals surface area contributed by atoms with Gasteiger partial charge in [-0.05, 0) is 31.3 Å². The molecule has 0 bridgehead atoms. The molecule has 14 nitrogen and oxygen atoms in total. The average Bonchev–Trinajstić information content (AvgIpc) is 2.86. The normalized spacial score (nSPS) is 18.1. The van der Waals surface area contributed by atoms with Crippen LogP contribution < -0.4 is 10.7 Å². The minimum absolute atomic E-state index is 0.0258. The summed E-state index contributed by atoms with van der Waals surface area (Å²) in [5.41, 5.74) is 4.30. The van der Waals surface area contributed by atoms with Crippen molar-refractivity contribution in [1.29, 1.82) is 0 Å². The molecule has 0 fully saturated rings. The van der Waals surface area contributed by atoms with Gasteiger partial charge in [-0.3, -0.25) is 5.43 Å². The number of carbonyl (C=O) groups excluding carboxylic acids is 1. The summed E-state index contributed by atoms with van der Waals surface area (Å²) in [7, 11) is 0. The third-order valence-corrected chi connectivity index (χ3v) is 4.60. The second kappa shape index (κ2) is 17.3. The lowest BCUT2D eigenvalue weighted by Crippen LogP contribution is -2.46. The zero-order valence-electron chi connectivity index (χ0n) is 18.7. The van der Waals surface area contributed by atoms with Crippen LogP contribution in [0.3, 0.4) is 0 Å². The third kappa shape index (κ3) is 12.4. The van der Waals surface area contributed by atoms with Gasteiger partial charge >= 0.3 is 0 Å². The van der Waals surface area contributed by atoms with Crippen molar-refractivity contribution in [1.82, 2.24) is 5.43 Å². The number of hydrogen-bond acceptors (Lipinski definition) is 13. The summed E-state index contributed by atoms with van der Waals surface area (Å²) in [4.78, 5) is 9.90. The molecule has 0 saturated carbocycles. The lowest BCUT2D eigenvalue weighted by atomic mass is 10.0. The molecule has 0 aromatic heterocycles. The Labute approximate surface area is 206 Å². The summed E-state index contributed by atoms with van der Waals surface area (Å²) in [6.45, 7) is 0.453. The third-order valence-electron chi connectivity index (χ3n) is 4.40. The van der Waals surface area contributed by atoms with Gasteiger partial charge in [0.15, 0.2) is 11.4 Å². The highest BCUT2D eigenvalue weighted by Crippen LogP contribution is 2.08. The number of nitrogens with zero attached hydrogens (tertiary/aromatic N) is 1. The molecule has 0 amide bonds. The Morgan fingerprint density at radius 2 is 1.31 bits per heavy atom. The van der Waals surface area contributed by atoms with E-state index in [1.807, 2.05) is 31.2 Å². The fourth-order valence-electron chi connectivity index (χ4n) is 2.21. The van der Waals surface area contributed by atoms with Crippen molar-refractivity contribution >= 4 is 35.5 Å². The molecule has 0 spiro atoms. The van der Waals surface area contributed by atoms with Crippen LogP contribution >= 0.6 is 12.2 Å². The molecule has 0 radical (unpaired) electrons. The van der Waals surface area contributed by atoms with Crippen LogP contribution in [0.4, 0.5) is 5.69 Å². The summed E-state index contributed by atoms with van der Waals surface area (Å²) in [5.74, 6) is 0. The van der Waals surface area contributed by atoms with Crippen LogP contribution in [0.5, 0.6) is 0 Å². The predicted octanol–water partition coefficient (Wildman–Crippen LogP) is -4.68. The number of anilines is 1. The van der Waals surface area contributed by atoms with Gasteiger partial charge in [0.1, 0.15) is 48.8 Å². The van der Waals surface area contributed by atoms with Gasteiger partial charge in [0.05, 0.1) is 19.4 Å². The maximum Gasteiger partial charge on any atom is 0.191 e. The van der Waals surface area contributed by atoms with E-state index >= 15 is 0 Å². The molecule has 0 aliphatic rings. The van der Waals surface area contributed by atoms with Gasteiger partial charge in [0.25, 0.3) is 0 Å². The van der Waals surface area contributed by atoms with Crippen LogP contribution in [0.2, 0.25) is 0 Å². The summed E-state index contributed by atoms with van der Waals surface area (Å²) in [6, 6.07) is 7.47. The number of aldehydes is 1. The maximum atomic E-state index is 9.90. The molecule has 1 aromatic rings. The number of aryl methyl sites for hydroxylation is 1. The van der Waals surface area contributed by atoms with Gasteiger partial charge in [0, 0.05) is 5.69 Å². The van der Waals surface area contributed by atoms with Crippen molar-refractivity contribution in [3.8, 4) is 0 Å². The average molecular weight is 524 g/mol. The largest absolute Gasteiger partial charge is 0.394 e. The van der Waals surface area contributed by atoms with Crippen LogP contribution in [-0.4, -0.2) is 131 Å². The van der Waals surface area contributed by atoms with E-state index in [0.29, 0.717) is 0 Å². The molecule has 1 rings (SSSR count). The fraction of sp³-hybridized carbons (Fsp3) is 0.550. The van der Waals surface area contributed by atoms with Crippen LogP contribution in [0.15, 0.2) is 29.4 Å². The lowest BCUT2D eigenvalue weighted by molar-refractivity contribution is -0.136. The molecule has 0 heterocycles. The molecular weight excluding hydrogens is 490 g/mol. The van der Waals surface area contributed by atoms with Gasteiger partial charge < -0.3 is 61.2 Å². The highest BCUT2D eigenvalue weighted by atomic mass is 32.1. The highest BCUT2D eigenvalue weighted by Gasteiger charge is 2.30. The number of aliphatic hydroxyl groups excluding tert-OH is 10. The number of carbonyl (C=O) groups is 1. The van der Waals surface area contributed by atoms with Crippen LogP contribution in [0.25, 0.3) is 0 Å². The second-order valence-corrected chi connectivity index (χ2v) is 7.70. The number of thiocarbonyl (C=S) groups is 1. The second-order valence-electron chi connectivity index (χ2n) is 7.29. The summed E-state index contributed by atoms with van der Waals surface area (Å²) in [5, 5.41) is 96.7. The Balaban J connectivity index is 0.000000814. The van der Waals surface area contributed by atoms with Crippen molar-refractivity contribution in [2.45, 2.75) is 55.8 Å². The predicted molar refractivity (Wildman–Crippen MR) is 127 cm³/mol. The molecule has 12 N–H and O–H groups in total. The Bertz CT molecular complexity index is 771. The topological polar surface area (TPSA) is 256 Å². The van der Waals surface area contributed by atoms with Crippen molar-refractivity contribution < 1.29 is 55.9 Å². The Kier molecular flexibility index (Phi) is 16.2. The van der Waals surface area contributed by atoms with Gasteiger partial charge in [-0.25, -0.2) is 0 Å². The van der Waals surface area contributed by atoms with Gasteiger partial charge in [-0.2, -0.15) is 5.10 Å². The van der Waals surface area contributed by atoms with E-state index < -0.39 is 62.0 Å². The molecule has 1 aromatic carbocycles. The van der Waals surface area contributed by atoms with Crippen molar-refractivity contribution in [3.05, 3.63) is 29.8 Å². The standard InChI is InChI=1S/C14H21N3O5S.C6H12O6/c1-8-2-4-9(5-3-8)16-14(23)17-15-6-10(19)12(21)13(22)11(20)7-18;7-1-3(9)5(11)6(12)4(10)2-8/h2-6,10-13,18-22H,7H2,1H3,(H2,16,17,23);1,3-6,8-12H,2H2/t10-,11+,12+,13+;3-,4+,5+,6+/m00/s1. The van der Waals surface area contributed by atoms with Crippen molar-refractivity contribution in [3.63, 3.8) is 0 Å². The monoisotopic (exact) mass is 523 g/mol. The van der Waals surface area contributed by atoms with E-state index in [4.69, 9.17) is 42.9 Å². The van der Waals surface area contributed by atoms with Crippen LogP contribution in [-0.2, 0) is 4.79 Å². The number of benzene rings is 1. The molecule has 0 aliphatic heterocycles. The first-order valence-electron chi connectivity index (χ1n) is 10.2. The Hall–Kier alpha value is -2.15. The van der Waals surface area contributed by atoms with E-state index in [-0.39, 0.29) is 11.4 Å². The zero-order valence-corrected chi connectivity index (χ0v) is 19.5. The molecule has 0 unspecified atom stereocenters. The number of hydrogen-bond donors (Lipinski definition) is 12. The van der Waals surface area contributed by atoms with E-state index in [0.717, 1.165) is 17.5 Å². The zero-order chi connectivity index (χ0) is 27.1. The maximum absolute atomic E-state index is 9.90. The number of aliphatic hydroxyl groups is 10. The summed E-state index contributed by atoms with van der Waals surface area (Å²) < 4.78 is 0. The first kappa shape index (κ1) is 32.8. The molecule has 200 valence electrons. The van der Waals surface area contributed by atoms with Crippen molar-refractivity contribution in [2.75, 3.05) is 18.5 Å². The van der Waals surface area contributed by atoms with Gasteiger partial charge in [0.2, 0.25) is 0 Å². The van der Waals surface area contributed by atoms with E-state index in [9.17, 15) is 25.2 Å². The quantitative estimate of drug-likeness (QED) is 0.0532. The number of nitrogens with one attached hydrogen (secondary N) is 2. The van der Waals surface area contributed by atoms with E-state index in [1.165, 1.54) is 0 Å². The smallest absolute Gasteiger partial charge is 0.191 e. The molecule has 0 aliphatic carbocycles. The Morgan fingerprint density at radius 1 is 0.857 bits per heavy atom.